The number of carboxylic acid groups (broad SMARTS) is 1. The molecule has 1 saturated carbocycles. The molecule has 2 heterocycles. The number of rotatable bonds is 8. The predicted octanol–water partition coefficient (Wildman–Crippen LogP) is 3.72. The van der Waals surface area contributed by atoms with E-state index in [4.69, 9.17) is 9.84 Å². The van der Waals surface area contributed by atoms with E-state index < -0.39 is 5.97 Å². The standard InChI is InChI=1S/C25H31N3O5S/c29-23(16-22-26-21(17-34-22)25(31)32)27-10-12-28(13-11-27)24(30)19-7-4-8-20(15-19)33-14-9-18-5-2-1-3-6-18/h4,7-8,15,17-18H,1-3,5-6,9-14,16H2,(H,31,32). The minimum Gasteiger partial charge on any atom is -0.494 e. The summed E-state index contributed by atoms with van der Waals surface area (Å²) in [5.74, 6) is 0.218. The maximum absolute atomic E-state index is 13.0. The number of amides is 2. The number of carbonyl (C=O) groups is 3. The molecule has 0 spiro atoms. The van der Waals surface area contributed by atoms with Crippen LogP contribution in [-0.4, -0.2) is 70.5 Å². The predicted molar refractivity (Wildman–Crippen MR) is 128 cm³/mol. The number of aromatic nitrogens is 1. The highest BCUT2D eigenvalue weighted by molar-refractivity contribution is 7.09. The fourth-order valence-electron chi connectivity index (χ4n) is 4.61. The number of hydrogen-bond acceptors (Lipinski definition) is 6. The van der Waals surface area contributed by atoms with Crippen molar-refractivity contribution >= 4 is 29.1 Å². The van der Waals surface area contributed by atoms with Gasteiger partial charge in [0.15, 0.2) is 5.69 Å². The van der Waals surface area contributed by atoms with Crippen molar-refractivity contribution in [3.8, 4) is 5.75 Å². The Labute approximate surface area is 203 Å². The molecule has 34 heavy (non-hydrogen) atoms. The Bertz CT molecular complexity index is 1010. The number of thiazole rings is 1. The third kappa shape index (κ3) is 6.34. The van der Waals surface area contributed by atoms with Gasteiger partial charge in [0.1, 0.15) is 10.8 Å². The lowest BCUT2D eigenvalue weighted by molar-refractivity contribution is -0.131. The number of carboxylic acids is 1. The van der Waals surface area contributed by atoms with E-state index >= 15 is 0 Å². The Morgan fingerprint density at radius 3 is 2.50 bits per heavy atom. The summed E-state index contributed by atoms with van der Waals surface area (Å²) in [7, 11) is 0. The van der Waals surface area contributed by atoms with Crippen LogP contribution in [0.5, 0.6) is 5.75 Å². The third-order valence-corrected chi connectivity index (χ3v) is 7.44. The van der Waals surface area contributed by atoms with E-state index in [-0.39, 0.29) is 23.9 Å². The number of benzene rings is 1. The molecule has 2 aromatic rings. The molecule has 2 fully saturated rings. The Morgan fingerprint density at radius 2 is 1.79 bits per heavy atom. The lowest BCUT2D eigenvalue weighted by Crippen LogP contribution is -2.51. The van der Waals surface area contributed by atoms with Gasteiger partial charge in [0, 0.05) is 37.1 Å². The van der Waals surface area contributed by atoms with Crippen LogP contribution in [0.25, 0.3) is 0 Å². The second-order valence-corrected chi connectivity index (χ2v) is 9.89. The van der Waals surface area contributed by atoms with Gasteiger partial charge in [-0.3, -0.25) is 9.59 Å². The van der Waals surface area contributed by atoms with Crippen molar-refractivity contribution in [3.05, 3.63) is 45.9 Å². The van der Waals surface area contributed by atoms with Crippen LogP contribution in [0.2, 0.25) is 0 Å². The van der Waals surface area contributed by atoms with Crippen molar-refractivity contribution in [2.45, 2.75) is 44.9 Å². The van der Waals surface area contributed by atoms with Gasteiger partial charge in [0.05, 0.1) is 13.0 Å². The fourth-order valence-corrected chi connectivity index (χ4v) is 5.37. The van der Waals surface area contributed by atoms with Gasteiger partial charge in [0.25, 0.3) is 5.91 Å². The molecule has 1 aliphatic heterocycles. The highest BCUT2D eigenvalue weighted by Crippen LogP contribution is 2.26. The minimum atomic E-state index is -1.10. The maximum atomic E-state index is 13.0. The van der Waals surface area contributed by atoms with Gasteiger partial charge < -0.3 is 19.6 Å². The monoisotopic (exact) mass is 485 g/mol. The highest BCUT2D eigenvalue weighted by Gasteiger charge is 2.26. The normalized spacial score (nSPS) is 16.9. The summed E-state index contributed by atoms with van der Waals surface area (Å²) in [4.78, 5) is 44.0. The van der Waals surface area contributed by atoms with Gasteiger partial charge in [0.2, 0.25) is 5.91 Å². The van der Waals surface area contributed by atoms with Gasteiger partial charge in [-0.15, -0.1) is 11.3 Å². The van der Waals surface area contributed by atoms with Gasteiger partial charge in [-0.25, -0.2) is 9.78 Å². The van der Waals surface area contributed by atoms with E-state index in [1.807, 2.05) is 18.2 Å². The molecule has 4 rings (SSSR count). The average Bonchev–Trinajstić information content (AvgIpc) is 3.33. The number of carbonyl (C=O) groups excluding carboxylic acids is 2. The van der Waals surface area contributed by atoms with E-state index in [2.05, 4.69) is 4.98 Å². The maximum Gasteiger partial charge on any atom is 0.355 e. The van der Waals surface area contributed by atoms with Crippen molar-refractivity contribution in [2.75, 3.05) is 32.8 Å². The van der Waals surface area contributed by atoms with Crippen LogP contribution in [0.3, 0.4) is 0 Å². The lowest BCUT2D eigenvalue weighted by atomic mass is 9.87. The zero-order valence-electron chi connectivity index (χ0n) is 19.3. The van der Waals surface area contributed by atoms with Crippen LogP contribution >= 0.6 is 11.3 Å². The Balaban J connectivity index is 1.24. The highest BCUT2D eigenvalue weighted by atomic mass is 32.1. The largest absolute Gasteiger partial charge is 0.494 e. The Kier molecular flexibility index (Phi) is 8.16. The molecule has 0 unspecified atom stereocenters. The number of piperazine rings is 1. The first kappa shape index (κ1) is 24.2. The van der Waals surface area contributed by atoms with E-state index in [1.165, 1.54) is 48.8 Å². The van der Waals surface area contributed by atoms with Gasteiger partial charge in [-0.1, -0.05) is 38.2 Å². The van der Waals surface area contributed by atoms with Crippen LogP contribution < -0.4 is 4.74 Å². The van der Waals surface area contributed by atoms with Crippen molar-refractivity contribution in [1.82, 2.24) is 14.8 Å². The SMILES string of the molecule is O=C(O)c1csc(CC(=O)N2CCN(C(=O)c3cccc(OCCC4CCCCC4)c3)CC2)n1. The van der Waals surface area contributed by atoms with E-state index in [0.29, 0.717) is 43.4 Å². The molecule has 1 N–H and O–H groups in total. The molecule has 8 nitrogen and oxygen atoms in total. The molecule has 0 atom stereocenters. The van der Waals surface area contributed by atoms with Crippen LogP contribution in [0.1, 0.15) is 64.4 Å². The summed E-state index contributed by atoms with van der Waals surface area (Å²) in [6.45, 7) is 2.47. The van der Waals surface area contributed by atoms with E-state index in [9.17, 15) is 14.4 Å². The third-order valence-electron chi connectivity index (χ3n) is 6.59. The molecular weight excluding hydrogens is 454 g/mol. The summed E-state index contributed by atoms with van der Waals surface area (Å²) in [5, 5.41) is 10.9. The topological polar surface area (TPSA) is 100 Å². The number of ether oxygens (including phenoxy) is 1. The molecule has 1 aromatic carbocycles. The molecule has 0 bridgehead atoms. The van der Waals surface area contributed by atoms with E-state index in [1.54, 1.807) is 15.9 Å². The second kappa shape index (κ2) is 11.5. The Morgan fingerprint density at radius 1 is 1.06 bits per heavy atom. The number of nitrogens with zero attached hydrogens (tertiary/aromatic N) is 3. The minimum absolute atomic E-state index is 0.0385. The fraction of sp³-hybridized carbons (Fsp3) is 0.520. The molecular formula is C25H31N3O5S. The first-order chi connectivity index (χ1) is 16.5. The Hall–Kier alpha value is -2.94. The zero-order chi connectivity index (χ0) is 23.9. The van der Waals surface area contributed by atoms with E-state index in [0.717, 1.165) is 18.1 Å². The van der Waals surface area contributed by atoms with Crippen LogP contribution in [0.4, 0.5) is 0 Å². The van der Waals surface area contributed by atoms with Crippen molar-refractivity contribution in [3.63, 3.8) is 0 Å². The second-order valence-electron chi connectivity index (χ2n) is 8.95. The summed E-state index contributed by atoms with van der Waals surface area (Å²) in [6.07, 6.45) is 7.73. The average molecular weight is 486 g/mol. The molecule has 182 valence electrons. The molecule has 9 heteroatoms. The quantitative estimate of drug-likeness (QED) is 0.612. The summed E-state index contributed by atoms with van der Waals surface area (Å²) >= 11 is 1.17. The summed E-state index contributed by atoms with van der Waals surface area (Å²) in [5.41, 5.74) is 0.558. The smallest absolute Gasteiger partial charge is 0.355 e. The van der Waals surface area contributed by atoms with Crippen LogP contribution in [0.15, 0.2) is 29.6 Å². The van der Waals surface area contributed by atoms with Crippen LogP contribution in [0, 0.1) is 5.92 Å². The van der Waals surface area contributed by atoms with Crippen molar-refractivity contribution in [1.29, 1.82) is 0 Å². The first-order valence-electron chi connectivity index (χ1n) is 12.0. The van der Waals surface area contributed by atoms with Gasteiger partial charge in [-0.2, -0.15) is 0 Å². The molecule has 1 saturated heterocycles. The number of hydrogen-bond donors (Lipinski definition) is 1. The molecule has 2 amide bonds. The van der Waals surface area contributed by atoms with Crippen molar-refractivity contribution in [2.24, 2.45) is 5.92 Å². The first-order valence-corrected chi connectivity index (χ1v) is 12.8. The molecule has 0 radical (unpaired) electrons. The summed E-state index contributed by atoms with van der Waals surface area (Å²) < 4.78 is 5.94. The molecule has 2 aliphatic rings. The van der Waals surface area contributed by atoms with Crippen molar-refractivity contribution < 1.29 is 24.2 Å². The van der Waals surface area contributed by atoms with Gasteiger partial charge >= 0.3 is 5.97 Å². The molecule has 1 aliphatic carbocycles. The van der Waals surface area contributed by atoms with Gasteiger partial charge in [-0.05, 0) is 30.5 Å². The lowest BCUT2D eigenvalue weighted by Gasteiger charge is -2.34. The molecule has 1 aromatic heterocycles. The van der Waals surface area contributed by atoms with Crippen LogP contribution in [-0.2, 0) is 11.2 Å². The number of aromatic carboxylic acids is 1. The summed E-state index contributed by atoms with van der Waals surface area (Å²) in [6, 6.07) is 7.35. The zero-order valence-corrected chi connectivity index (χ0v) is 20.1.